The van der Waals surface area contributed by atoms with E-state index in [1.165, 1.54) is 12.1 Å². The van der Waals surface area contributed by atoms with Gasteiger partial charge in [-0.2, -0.15) is 0 Å². The van der Waals surface area contributed by atoms with E-state index in [4.69, 9.17) is 4.74 Å². The second-order valence-corrected chi connectivity index (χ2v) is 4.01. The van der Waals surface area contributed by atoms with E-state index in [1.807, 2.05) is 6.07 Å². The number of benzene rings is 2. The van der Waals surface area contributed by atoms with Crippen LogP contribution in [-0.4, -0.2) is 5.97 Å². The van der Waals surface area contributed by atoms with Gasteiger partial charge < -0.3 is 4.74 Å². The monoisotopic (exact) mass is 244 g/mol. The summed E-state index contributed by atoms with van der Waals surface area (Å²) in [5.74, 6) is -0.759. The average molecular weight is 244 g/mol. The third kappa shape index (κ3) is 2.94. The summed E-state index contributed by atoms with van der Waals surface area (Å²) in [5, 5.41) is 0. The zero-order chi connectivity index (χ0) is 13.0. The van der Waals surface area contributed by atoms with Gasteiger partial charge in [0.05, 0.1) is 5.92 Å². The van der Waals surface area contributed by atoms with Gasteiger partial charge in [0, 0.05) is 0 Å². The lowest BCUT2D eigenvalue weighted by molar-refractivity contribution is -0.135. The van der Waals surface area contributed by atoms with Crippen molar-refractivity contribution >= 4 is 5.97 Å². The molecule has 0 aliphatic carbocycles. The lowest BCUT2D eigenvalue weighted by Gasteiger charge is -2.11. The minimum Gasteiger partial charge on any atom is -0.426 e. The highest BCUT2D eigenvalue weighted by atomic mass is 19.1. The summed E-state index contributed by atoms with van der Waals surface area (Å²) in [5.41, 5.74) is 0.607. The molecule has 2 aromatic rings. The van der Waals surface area contributed by atoms with Crippen LogP contribution in [0.25, 0.3) is 0 Å². The molecule has 18 heavy (non-hydrogen) atoms. The fourth-order valence-corrected chi connectivity index (χ4v) is 1.61. The molecule has 0 heterocycles. The van der Waals surface area contributed by atoms with E-state index >= 15 is 0 Å². The third-order valence-electron chi connectivity index (χ3n) is 2.66. The van der Waals surface area contributed by atoms with Gasteiger partial charge in [-0.3, -0.25) is 4.79 Å². The van der Waals surface area contributed by atoms with Gasteiger partial charge in [0.15, 0.2) is 0 Å². The average Bonchev–Trinajstić information content (AvgIpc) is 2.39. The van der Waals surface area contributed by atoms with Crippen LogP contribution in [0.2, 0.25) is 0 Å². The summed E-state index contributed by atoms with van der Waals surface area (Å²) in [6.07, 6.45) is 0. The molecule has 1 atom stereocenters. The Hall–Kier alpha value is -2.16. The minimum atomic E-state index is -0.499. The molecule has 0 saturated heterocycles. The van der Waals surface area contributed by atoms with Crippen LogP contribution in [-0.2, 0) is 4.79 Å². The van der Waals surface area contributed by atoms with Gasteiger partial charge in [-0.15, -0.1) is 0 Å². The fraction of sp³-hybridized carbons (Fsp3) is 0.133. The first kappa shape index (κ1) is 12.3. The minimum absolute atomic E-state index is 0.355. The van der Waals surface area contributed by atoms with Crippen molar-refractivity contribution in [2.24, 2.45) is 0 Å². The molecule has 2 aromatic carbocycles. The molecule has 0 aromatic heterocycles. The molecule has 2 nitrogen and oxygen atoms in total. The molecule has 92 valence electrons. The summed E-state index contributed by atoms with van der Waals surface area (Å²) in [7, 11) is 0. The van der Waals surface area contributed by atoms with Gasteiger partial charge in [-0.1, -0.05) is 30.3 Å². The highest BCUT2D eigenvalue weighted by Gasteiger charge is 2.17. The van der Waals surface area contributed by atoms with E-state index in [-0.39, 0.29) is 5.82 Å². The number of ether oxygens (including phenoxy) is 1. The maximum atomic E-state index is 13.1. The molecular weight excluding hydrogens is 231 g/mol. The largest absolute Gasteiger partial charge is 0.426 e. The number of hydrogen-bond donors (Lipinski definition) is 0. The molecule has 0 aliphatic heterocycles. The maximum Gasteiger partial charge on any atom is 0.318 e. The van der Waals surface area contributed by atoms with Crippen LogP contribution < -0.4 is 4.74 Å². The Morgan fingerprint density at radius 1 is 1.11 bits per heavy atom. The maximum absolute atomic E-state index is 13.1. The standard InChI is InChI=1S/C15H13FO2/c1-11(12-6-5-7-13(16)10-12)15(17)18-14-8-3-2-4-9-14/h2-11H,1H3/t11-/m1/s1. The predicted octanol–water partition coefficient (Wildman–Crippen LogP) is 3.53. The number of hydrogen-bond acceptors (Lipinski definition) is 2. The summed E-state index contributed by atoms with van der Waals surface area (Å²) in [6.45, 7) is 1.69. The smallest absolute Gasteiger partial charge is 0.318 e. The highest BCUT2D eigenvalue weighted by molar-refractivity contribution is 5.79. The summed E-state index contributed by atoms with van der Waals surface area (Å²) < 4.78 is 18.3. The van der Waals surface area contributed by atoms with Crippen LogP contribution in [0.5, 0.6) is 5.75 Å². The van der Waals surface area contributed by atoms with E-state index in [2.05, 4.69) is 0 Å². The second kappa shape index (κ2) is 5.45. The predicted molar refractivity (Wildman–Crippen MR) is 66.9 cm³/mol. The number of carbonyl (C=O) groups excluding carboxylic acids is 1. The number of halogens is 1. The molecule has 0 saturated carbocycles. The molecule has 0 N–H and O–H groups in total. The molecule has 0 unspecified atom stereocenters. The number of esters is 1. The topological polar surface area (TPSA) is 26.3 Å². The number of rotatable bonds is 3. The Kier molecular flexibility index (Phi) is 3.72. The SMILES string of the molecule is C[C@@H](C(=O)Oc1ccccc1)c1cccc(F)c1. The number of carbonyl (C=O) groups is 1. The van der Waals surface area contributed by atoms with Gasteiger partial charge >= 0.3 is 5.97 Å². The van der Waals surface area contributed by atoms with Gasteiger partial charge in [0.25, 0.3) is 0 Å². The lowest BCUT2D eigenvalue weighted by Crippen LogP contribution is -2.16. The van der Waals surface area contributed by atoms with Crippen molar-refractivity contribution in [2.45, 2.75) is 12.8 Å². The van der Waals surface area contributed by atoms with Crippen LogP contribution >= 0.6 is 0 Å². The Morgan fingerprint density at radius 2 is 1.83 bits per heavy atom. The van der Waals surface area contributed by atoms with Crippen molar-refractivity contribution in [1.82, 2.24) is 0 Å². The summed E-state index contributed by atoms with van der Waals surface area (Å²) in [4.78, 5) is 11.9. The highest BCUT2D eigenvalue weighted by Crippen LogP contribution is 2.19. The van der Waals surface area contributed by atoms with Crippen molar-refractivity contribution in [3.8, 4) is 5.75 Å². The first-order chi connectivity index (χ1) is 8.66. The van der Waals surface area contributed by atoms with E-state index in [0.29, 0.717) is 11.3 Å². The van der Waals surface area contributed by atoms with E-state index in [9.17, 15) is 9.18 Å². The molecule has 0 fully saturated rings. The number of para-hydroxylation sites is 1. The van der Waals surface area contributed by atoms with E-state index in [1.54, 1.807) is 43.3 Å². The molecule has 0 aliphatic rings. The van der Waals surface area contributed by atoms with Crippen LogP contribution in [0, 0.1) is 5.82 Å². The van der Waals surface area contributed by atoms with Gasteiger partial charge in [0.2, 0.25) is 0 Å². The van der Waals surface area contributed by atoms with Crippen LogP contribution in [0.3, 0.4) is 0 Å². The Balaban J connectivity index is 2.10. The van der Waals surface area contributed by atoms with Crippen molar-refractivity contribution in [2.75, 3.05) is 0 Å². The van der Waals surface area contributed by atoms with Crippen LogP contribution in [0.4, 0.5) is 4.39 Å². The van der Waals surface area contributed by atoms with Gasteiger partial charge in [0.1, 0.15) is 11.6 Å². The van der Waals surface area contributed by atoms with Gasteiger partial charge in [-0.05, 0) is 36.8 Å². The molecule has 3 heteroatoms. The molecule has 0 amide bonds. The Bertz CT molecular complexity index is 537. The van der Waals surface area contributed by atoms with Crippen LogP contribution in [0.1, 0.15) is 18.4 Å². The zero-order valence-electron chi connectivity index (χ0n) is 9.97. The fourth-order valence-electron chi connectivity index (χ4n) is 1.61. The first-order valence-corrected chi connectivity index (χ1v) is 5.69. The van der Waals surface area contributed by atoms with Gasteiger partial charge in [-0.25, -0.2) is 4.39 Å². The van der Waals surface area contributed by atoms with Crippen molar-refractivity contribution in [3.05, 3.63) is 66.0 Å². The quantitative estimate of drug-likeness (QED) is 0.609. The normalized spacial score (nSPS) is 11.9. The third-order valence-corrected chi connectivity index (χ3v) is 2.66. The van der Waals surface area contributed by atoms with E-state index < -0.39 is 11.9 Å². The second-order valence-electron chi connectivity index (χ2n) is 4.01. The van der Waals surface area contributed by atoms with Crippen LogP contribution in [0.15, 0.2) is 54.6 Å². The van der Waals surface area contributed by atoms with Crippen molar-refractivity contribution < 1.29 is 13.9 Å². The summed E-state index contributed by atoms with van der Waals surface area (Å²) >= 11 is 0. The Morgan fingerprint density at radius 3 is 2.50 bits per heavy atom. The summed E-state index contributed by atoms with van der Waals surface area (Å²) in [6, 6.07) is 14.8. The van der Waals surface area contributed by atoms with E-state index in [0.717, 1.165) is 0 Å². The molecule has 2 rings (SSSR count). The van der Waals surface area contributed by atoms with Crippen molar-refractivity contribution in [1.29, 1.82) is 0 Å². The zero-order valence-corrected chi connectivity index (χ0v) is 9.97. The first-order valence-electron chi connectivity index (χ1n) is 5.69. The molecule has 0 radical (unpaired) electrons. The molecule has 0 bridgehead atoms. The van der Waals surface area contributed by atoms with Crippen molar-refractivity contribution in [3.63, 3.8) is 0 Å². The molecular formula is C15H13FO2. The molecule has 0 spiro atoms. The lowest BCUT2D eigenvalue weighted by atomic mass is 10.0. The Labute approximate surface area is 105 Å².